The Kier molecular flexibility index (Phi) is 6.24. The lowest BCUT2D eigenvalue weighted by atomic mass is 10.1. The van der Waals surface area contributed by atoms with E-state index in [0.29, 0.717) is 18.7 Å². The number of nitro benzene ring substituents is 1. The van der Waals surface area contributed by atoms with E-state index in [4.69, 9.17) is 4.74 Å². The molecule has 1 rings (SSSR count). The van der Waals surface area contributed by atoms with Crippen LogP contribution in [0, 0.1) is 10.1 Å². The summed E-state index contributed by atoms with van der Waals surface area (Å²) < 4.78 is 5.83. The molecule has 1 atom stereocenters. The zero-order valence-electron chi connectivity index (χ0n) is 10.5. The number of methoxy groups -OCH3 is 1. The van der Waals surface area contributed by atoms with Crippen molar-refractivity contribution in [2.24, 2.45) is 0 Å². The first-order valence-corrected chi connectivity index (χ1v) is 6.49. The molecular formula is C12H17BrN2O3. The SMILES string of the molecule is COCCC(C)NCc1cc(Br)ccc1[N+](=O)[O-]. The molecule has 0 aliphatic rings. The molecule has 0 aliphatic heterocycles. The van der Waals surface area contributed by atoms with Crippen molar-refractivity contribution in [3.8, 4) is 0 Å². The van der Waals surface area contributed by atoms with Gasteiger partial charge in [-0.05, 0) is 25.5 Å². The minimum atomic E-state index is -0.358. The van der Waals surface area contributed by atoms with E-state index >= 15 is 0 Å². The fourth-order valence-corrected chi connectivity index (χ4v) is 1.96. The fourth-order valence-electron chi connectivity index (χ4n) is 1.55. The van der Waals surface area contributed by atoms with Gasteiger partial charge in [0.15, 0.2) is 0 Å². The van der Waals surface area contributed by atoms with Gasteiger partial charge in [0, 0.05) is 42.4 Å². The maximum atomic E-state index is 10.9. The van der Waals surface area contributed by atoms with Gasteiger partial charge in [-0.15, -0.1) is 0 Å². The summed E-state index contributed by atoms with van der Waals surface area (Å²) in [5.41, 5.74) is 0.822. The van der Waals surface area contributed by atoms with Crippen LogP contribution in [0.15, 0.2) is 22.7 Å². The smallest absolute Gasteiger partial charge is 0.273 e. The minimum Gasteiger partial charge on any atom is -0.385 e. The Morgan fingerprint density at radius 3 is 2.89 bits per heavy atom. The minimum absolute atomic E-state index is 0.143. The molecule has 0 amide bonds. The molecular weight excluding hydrogens is 300 g/mol. The summed E-state index contributed by atoms with van der Waals surface area (Å²) in [6, 6.07) is 5.22. The molecule has 0 spiro atoms. The van der Waals surface area contributed by atoms with Crippen LogP contribution >= 0.6 is 15.9 Å². The summed E-state index contributed by atoms with van der Waals surface area (Å²) in [7, 11) is 1.66. The molecule has 18 heavy (non-hydrogen) atoms. The summed E-state index contributed by atoms with van der Waals surface area (Å²) >= 11 is 3.32. The van der Waals surface area contributed by atoms with E-state index in [1.54, 1.807) is 19.2 Å². The number of nitrogens with zero attached hydrogens (tertiary/aromatic N) is 1. The van der Waals surface area contributed by atoms with Crippen molar-refractivity contribution in [3.05, 3.63) is 38.3 Å². The van der Waals surface area contributed by atoms with Gasteiger partial charge < -0.3 is 10.1 Å². The Hall–Kier alpha value is -0.980. The molecule has 0 saturated carbocycles. The van der Waals surface area contributed by atoms with Gasteiger partial charge in [0.25, 0.3) is 5.69 Å². The Bertz CT molecular complexity index is 412. The predicted octanol–water partition coefficient (Wildman–Crippen LogP) is 2.87. The number of nitrogens with one attached hydrogen (secondary N) is 1. The maximum Gasteiger partial charge on any atom is 0.273 e. The molecule has 1 aromatic carbocycles. The second kappa shape index (κ2) is 7.45. The van der Waals surface area contributed by atoms with Crippen LogP contribution in [0.5, 0.6) is 0 Å². The molecule has 0 aromatic heterocycles. The molecule has 0 radical (unpaired) electrons. The zero-order chi connectivity index (χ0) is 13.5. The van der Waals surface area contributed by atoms with Crippen LogP contribution in [-0.4, -0.2) is 24.7 Å². The lowest BCUT2D eigenvalue weighted by Gasteiger charge is -2.13. The molecule has 0 heterocycles. The Labute approximate surface area is 115 Å². The maximum absolute atomic E-state index is 10.9. The summed E-state index contributed by atoms with van der Waals surface area (Å²) in [5, 5.41) is 14.1. The van der Waals surface area contributed by atoms with E-state index in [1.165, 1.54) is 6.07 Å². The average Bonchev–Trinajstić information content (AvgIpc) is 2.33. The Morgan fingerprint density at radius 1 is 1.56 bits per heavy atom. The zero-order valence-corrected chi connectivity index (χ0v) is 12.1. The van der Waals surface area contributed by atoms with E-state index in [0.717, 1.165) is 10.9 Å². The molecule has 1 aromatic rings. The second-order valence-electron chi connectivity index (χ2n) is 4.09. The molecule has 0 fully saturated rings. The van der Waals surface area contributed by atoms with Gasteiger partial charge in [-0.3, -0.25) is 10.1 Å². The number of hydrogen-bond donors (Lipinski definition) is 1. The van der Waals surface area contributed by atoms with Gasteiger partial charge in [0.05, 0.1) is 4.92 Å². The topological polar surface area (TPSA) is 64.4 Å². The van der Waals surface area contributed by atoms with Gasteiger partial charge >= 0.3 is 0 Å². The van der Waals surface area contributed by atoms with Gasteiger partial charge in [-0.1, -0.05) is 15.9 Å². The van der Waals surface area contributed by atoms with Crippen LogP contribution in [0.4, 0.5) is 5.69 Å². The molecule has 5 nitrogen and oxygen atoms in total. The Balaban J connectivity index is 2.65. The number of rotatable bonds is 7. The quantitative estimate of drug-likeness (QED) is 0.620. The second-order valence-corrected chi connectivity index (χ2v) is 5.01. The highest BCUT2D eigenvalue weighted by Crippen LogP contribution is 2.22. The van der Waals surface area contributed by atoms with Gasteiger partial charge in [0.2, 0.25) is 0 Å². The van der Waals surface area contributed by atoms with Gasteiger partial charge in [0.1, 0.15) is 0 Å². The normalized spacial score (nSPS) is 12.4. The lowest BCUT2D eigenvalue weighted by Crippen LogP contribution is -2.27. The largest absolute Gasteiger partial charge is 0.385 e. The highest BCUT2D eigenvalue weighted by molar-refractivity contribution is 9.10. The van der Waals surface area contributed by atoms with Crippen LogP contribution in [0.2, 0.25) is 0 Å². The molecule has 1 unspecified atom stereocenters. The first-order valence-electron chi connectivity index (χ1n) is 5.69. The number of halogens is 1. The van der Waals surface area contributed by atoms with Crippen molar-refractivity contribution in [2.75, 3.05) is 13.7 Å². The number of benzene rings is 1. The van der Waals surface area contributed by atoms with E-state index in [9.17, 15) is 10.1 Å². The molecule has 0 saturated heterocycles. The summed E-state index contributed by atoms with van der Waals surface area (Å²) in [4.78, 5) is 10.5. The summed E-state index contributed by atoms with van der Waals surface area (Å²) in [5.74, 6) is 0. The van der Waals surface area contributed by atoms with E-state index in [-0.39, 0.29) is 16.7 Å². The average molecular weight is 317 g/mol. The van der Waals surface area contributed by atoms with E-state index in [1.807, 2.05) is 6.92 Å². The first kappa shape index (κ1) is 15.1. The van der Waals surface area contributed by atoms with Crippen molar-refractivity contribution in [1.29, 1.82) is 0 Å². The number of nitro groups is 1. The summed E-state index contributed by atoms with van der Waals surface area (Å²) in [6.07, 6.45) is 0.873. The lowest BCUT2D eigenvalue weighted by molar-refractivity contribution is -0.385. The van der Waals surface area contributed by atoms with Crippen LogP contribution < -0.4 is 5.32 Å². The predicted molar refractivity (Wildman–Crippen MR) is 73.6 cm³/mol. The van der Waals surface area contributed by atoms with Crippen LogP contribution in [-0.2, 0) is 11.3 Å². The van der Waals surface area contributed by atoms with Crippen molar-refractivity contribution < 1.29 is 9.66 Å². The fraction of sp³-hybridized carbons (Fsp3) is 0.500. The van der Waals surface area contributed by atoms with Crippen molar-refractivity contribution in [2.45, 2.75) is 25.9 Å². The highest BCUT2D eigenvalue weighted by Gasteiger charge is 2.14. The van der Waals surface area contributed by atoms with Crippen LogP contribution in [0.25, 0.3) is 0 Å². The summed E-state index contributed by atoms with van der Waals surface area (Å²) in [6.45, 7) is 3.18. The third kappa shape index (κ3) is 4.72. The monoisotopic (exact) mass is 316 g/mol. The van der Waals surface area contributed by atoms with Crippen molar-refractivity contribution in [3.63, 3.8) is 0 Å². The number of ether oxygens (including phenoxy) is 1. The van der Waals surface area contributed by atoms with E-state index < -0.39 is 0 Å². The molecule has 0 aliphatic carbocycles. The van der Waals surface area contributed by atoms with Crippen LogP contribution in [0.3, 0.4) is 0 Å². The third-order valence-electron chi connectivity index (χ3n) is 2.63. The standard InChI is InChI=1S/C12H17BrN2O3/c1-9(5-6-18-2)14-8-10-7-11(13)3-4-12(10)15(16)17/h3-4,7,9,14H,5-6,8H2,1-2H3. The first-order chi connectivity index (χ1) is 8.54. The van der Waals surface area contributed by atoms with Gasteiger partial charge in [-0.25, -0.2) is 0 Å². The van der Waals surface area contributed by atoms with Crippen molar-refractivity contribution in [1.82, 2.24) is 5.32 Å². The Morgan fingerprint density at radius 2 is 2.28 bits per heavy atom. The molecule has 100 valence electrons. The molecule has 6 heteroatoms. The van der Waals surface area contributed by atoms with Crippen molar-refractivity contribution >= 4 is 21.6 Å². The molecule has 1 N–H and O–H groups in total. The number of hydrogen-bond acceptors (Lipinski definition) is 4. The van der Waals surface area contributed by atoms with Gasteiger partial charge in [-0.2, -0.15) is 0 Å². The third-order valence-corrected chi connectivity index (χ3v) is 3.13. The highest BCUT2D eigenvalue weighted by atomic mass is 79.9. The van der Waals surface area contributed by atoms with E-state index in [2.05, 4.69) is 21.2 Å². The molecule has 0 bridgehead atoms. The van der Waals surface area contributed by atoms with Crippen LogP contribution in [0.1, 0.15) is 18.9 Å².